The lowest BCUT2D eigenvalue weighted by atomic mass is 9.88. The van der Waals surface area contributed by atoms with Gasteiger partial charge in [-0.3, -0.25) is 9.59 Å². The first-order valence-corrected chi connectivity index (χ1v) is 11.0. The number of rotatable bonds is 6. The Bertz CT molecular complexity index is 1010. The van der Waals surface area contributed by atoms with Crippen LogP contribution in [0.15, 0.2) is 41.5 Å². The average Bonchev–Trinajstić information content (AvgIpc) is 3.11. The Morgan fingerprint density at radius 3 is 2.74 bits per heavy atom. The molecule has 1 atom stereocenters. The molecule has 1 aliphatic rings. The number of hydrazone groups is 1. The Morgan fingerprint density at radius 1 is 1.23 bits per heavy atom. The molecule has 162 valence electrons. The van der Waals surface area contributed by atoms with Gasteiger partial charge in [0.25, 0.3) is 0 Å². The molecule has 1 aliphatic carbocycles. The van der Waals surface area contributed by atoms with Gasteiger partial charge in [0.1, 0.15) is 5.00 Å². The van der Waals surface area contributed by atoms with E-state index in [4.69, 9.17) is 4.74 Å². The Balaban J connectivity index is 1.65. The van der Waals surface area contributed by atoms with Crippen molar-refractivity contribution in [2.75, 3.05) is 11.9 Å². The van der Waals surface area contributed by atoms with E-state index in [2.05, 4.69) is 22.8 Å². The van der Waals surface area contributed by atoms with Crippen molar-refractivity contribution in [1.29, 1.82) is 0 Å². The van der Waals surface area contributed by atoms with Crippen molar-refractivity contribution in [3.8, 4) is 0 Å². The second-order valence-corrected chi connectivity index (χ2v) is 8.32. The van der Waals surface area contributed by atoms with Gasteiger partial charge in [0, 0.05) is 11.1 Å². The summed E-state index contributed by atoms with van der Waals surface area (Å²) in [6.07, 6.45) is 7.41. The molecular formula is C23H25N3O4S. The minimum atomic E-state index is -0.918. The van der Waals surface area contributed by atoms with Gasteiger partial charge in [-0.2, -0.15) is 5.10 Å². The van der Waals surface area contributed by atoms with Crippen molar-refractivity contribution in [3.63, 3.8) is 0 Å². The molecule has 1 aromatic heterocycles. The smallest absolute Gasteiger partial charge is 0.341 e. The second-order valence-electron chi connectivity index (χ2n) is 7.22. The summed E-state index contributed by atoms with van der Waals surface area (Å²) >= 11 is 1.33. The van der Waals surface area contributed by atoms with Gasteiger partial charge < -0.3 is 10.1 Å². The lowest BCUT2D eigenvalue weighted by molar-refractivity contribution is -0.136. The standard InChI is InChI=1S/C23H25N3O4S/c1-3-30-23(29)19-17-12-11-15(2)14-18(17)31-22(19)25-20(27)21(28)26-24-13-7-10-16-8-5-4-6-9-16/h4-10,13,15H,3,11-12,14H2,1-2H3,(H,25,27)(H,26,28)/b10-7+,24-13-/t15-/m1/s1. The molecule has 0 saturated carbocycles. The molecule has 3 rings (SSSR count). The number of anilines is 1. The lowest BCUT2D eigenvalue weighted by Gasteiger charge is -2.18. The summed E-state index contributed by atoms with van der Waals surface area (Å²) in [6, 6.07) is 9.60. The molecule has 0 saturated heterocycles. The lowest BCUT2D eigenvalue weighted by Crippen LogP contribution is -2.32. The van der Waals surface area contributed by atoms with Crippen LogP contribution in [-0.4, -0.2) is 30.6 Å². The zero-order chi connectivity index (χ0) is 22.2. The van der Waals surface area contributed by atoms with Crippen LogP contribution in [0.5, 0.6) is 0 Å². The van der Waals surface area contributed by atoms with Gasteiger partial charge in [-0.15, -0.1) is 11.3 Å². The van der Waals surface area contributed by atoms with Gasteiger partial charge in [0.05, 0.1) is 12.2 Å². The number of hydrogen-bond acceptors (Lipinski definition) is 6. The molecule has 8 heteroatoms. The predicted octanol–water partition coefficient (Wildman–Crippen LogP) is 3.80. The van der Waals surface area contributed by atoms with Crippen LogP contribution in [0.3, 0.4) is 0 Å². The van der Waals surface area contributed by atoms with Crippen LogP contribution in [0.2, 0.25) is 0 Å². The van der Waals surface area contributed by atoms with E-state index in [1.807, 2.05) is 36.4 Å². The number of hydrogen-bond donors (Lipinski definition) is 2. The molecule has 0 fully saturated rings. The van der Waals surface area contributed by atoms with E-state index >= 15 is 0 Å². The number of amides is 2. The van der Waals surface area contributed by atoms with Crippen LogP contribution in [-0.2, 0) is 27.2 Å². The molecule has 0 spiro atoms. The van der Waals surface area contributed by atoms with E-state index in [-0.39, 0.29) is 6.61 Å². The Morgan fingerprint density at radius 2 is 2.00 bits per heavy atom. The van der Waals surface area contributed by atoms with Crippen molar-refractivity contribution < 1.29 is 19.1 Å². The molecule has 31 heavy (non-hydrogen) atoms. The third-order valence-electron chi connectivity index (χ3n) is 4.84. The zero-order valence-corrected chi connectivity index (χ0v) is 18.3. The number of carbonyl (C=O) groups is 3. The van der Waals surface area contributed by atoms with Crippen LogP contribution in [0.25, 0.3) is 6.08 Å². The molecule has 0 radical (unpaired) electrons. The molecule has 0 aliphatic heterocycles. The molecule has 7 nitrogen and oxygen atoms in total. The van der Waals surface area contributed by atoms with Gasteiger partial charge in [-0.25, -0.2) is 10.2 Å². The second kappa shape index (κ2) is 10.7. The van der Waals surface area contributed by atoms with Crippen molar-refractivity contribution in [2.24, 2.45) is 11.0 Å². The summed E-state index contributed by atoms with van der Waals surface area (Å²) in [5.74, 6) is -1.78. The Kier molecular flexibility index (Phi) is 7.72. The van der Waals surface area contributed by atoms with Gasteiger partial charge >= 0.3 is 17.8 Å². The van der Waals surface area contributed by atoms with Crippen molar-refractivity contribution in [1.82, 2.24) is 5.43 Å². The van der Waals surface area contributed by atoms with E-state index in [0.29, 0.717) is 16.5 Å². The summed E-state index contributed by atoms with van der Waals surface area (Å²) in [7, 11) is 0. The normalized spacial score (nSPS) is 15.6. The van der Waals surface area contributed by atoms with Crippen LogP contribution in [0.1, 0.15) is 46.6 Å². The Hall–Kier alpha value is -3.26. The number of nitrogens with zero attached hydrogens (tertiary/aromatic N) is 1. The van der Waals surface area contributed by atoms with E-state index in [1.54, 1.807) is 13.0 Å². The first kappa shape index (κ1) is 22.4. The van der Waals surface area contributed by atoms with E-state index in [9.17, 15) is 14.4 Å². The summed E-state index contributed by atoms with van der Waals surface area (Å²) in [5, 5.41) is 6.67. The highest BCUT2D eigenvalue weighted by atomic mass is 32.1. The monoisotopic (exact) mass is 439 g/mol. The first-order chi connectivity index (χ1) is 15.0. The van der Waals surface area contributed by atoms with Crippen LogP contribution >= 0.6 is 11.3 Å². The van der Waals surface area contributed by atoms with E-state index in [1.165, 1.54) is 17.6 Å². The molecule has 1 aromatic carbocycles. The number of nitrogens with one attached hydrogen (secondary N) is 2. The molecule has 2 aromatic rings. The highest BCUT2D eigenvalue weighted by Gasteiger charge is 2.30. The van der Waals surface area contributed by atoms with Gasteiger partial charge in [0.15, 0.2) is 0 Å². The summed E-state index contributed by atoms with van der Waals surface area (Å²) in [4.78, 5) is 38.0. The SMILES string of the molecule is CCOC(=O)c1c(NC(=O)C(=O)N/N=C\C=C\c2ccccc2)sc2c1CC[C@@H](C)C2. The minimum Gasteiger partial charge on any atom is -0.462 e. The number of thiophene rings is 1. The van der Waals surface area contributed by atoms with Crippen LogP contribution in [0, 0.1) is 5.92 Å². The highest BCUT2D eigenvalue weighted by molar-refractivity contribution is 7.17. The number of ether oxygens (including phenoxy) is 1. The van der Waals surface area contributed by atoms with Crippen molar-refractivity contribution >= 4 is 46.4 Å². The number of esters is 1. The van der Waals surface area contributed by atoms with Crippen molar-refractivity contribution in [3.05, 3.63) is 58.0 Å². The zero-order valence-electron chi connectivity index (χ0n) is 17.5. The minimum absolute atomic E-state index is 0.235. The topological polar surface area (TPSA) is 96.9 Å². The fourth-order valence-electron chi connectivity index (χ4n) is 3.33. The van der Waals surface area contributed by atoms with Crippen LogP contribution in [0.4, 0.5) is 5.00 Å². The maximum atomic E-state index is 12.5. The maximum Gasteiger partial charge on any atom is 0.341 e. The molecular weight excluding hydrogens is 414 g/mol. The van der Waals surface area contributed by atoms with Gasteiger partial charge in [0.2, 0.25) is 0 Å². The van der Waals surface area contributed by atoms with Gasteiger partial charge in [-0.1, -0.05) is 43.3 Å². The molecule has 1 heterocycles. The maximum absolute atomic E-state index is 12.5. The molecule has 2 amide bonds. The fourth-order valence-corrected chi connectivity index (χ4v) is 4.72. The van der Waals surface area contributed by atoms with Crippen molar-refractivity contribution in [2.45, 2.75) is 33.1 Å². The van der Waals surface area contributed by atoms with E-state index in [0.717, 1.165) is 35.3 Å². The summed E-state index contributed by atoms with van der Waals surface area (Å²) < 4.78 is 5.17. The van der Waals surface area contributed by atoms with Gasteiger partial charge in [-0.05, 0) is 49.3 Å². The number of benzene rings is 1. The Labute approximate surface area is 185 Å². The highest BCUT2D eigenvalue weighted by Crippen LogP contribution is 2.40. The van der Waals surface area contributed by atoms with E-state index < -0.39 is 17.8 Å². The summed E-state index contributed by atoms with van der Waals surface area (Å²) in [5.41, 5.74) is 4.46. The first-order valence-electron chi connectivity index (χ1n) is 10.2. The molecule has 2 N–H and O–H groups in total. The fraction of sp³-hybridized carbons (Fsp3) is 0.304. The third-order valence-corrected chi connectivity index (χ3v) is 6.01. The molecule has 0 unspecified atom stereocenters. The number of fused-ring (bicyclic) bond motifs is 1. The third kappa shape index (κ3) is 5.88. The number of allylic oxidation sites excluding steroid dienone is 1. The number of carbonyl (C=O) groups excluding carboxylic acids is 3. The molecule has 0 bridgehead atoms. The van der Waals surface area contributed by atoms with Crippen LogP contribution < -0.4 is 10.7 Å². The largest absolute Gasteiger partial charge is 0.462 e. The summed E-state index contributed by atoms with van der Waals surface area (Å²) in [6.45, 7) is 4.12. The quantitative estimate of drug-likeness (QED) is 0.310. The average molecular weight is 440 g/mol. The predicted molar refractivity (Wildman–Crippen MR) is 122 cm³/mol.